The van der Waals surface area contributed by atoms with E-state index in [4.69, 9.17) is 4.52 Å². The number of hydrogen-bond acceptors (Lipinski definition) is 6. The van der Waals surface area contributed by atoms with E-state index in [-0.39, 0.29) is 5.91 Å². The topological polar surface area (TPSA) is 49.6 Å². The van der Waals surface area contributed by atoms with Crippen molar-refractivity contribution < 1.29 is 9.32 Å². The second kappa shape index (κ2) is 8.06. The Morgan fingerprint density at radius 2 is 1.85 bits per heavy atom. The number of aromatic nitrogens is 1. The molecule has 1 amide bonds. The van der Waals surface area contributed by atoms with Crippen LogP contribution in [0, 0.1) is 6.92 Å². The first-order chi connectivity index (χ1) is 12.7. The molecule has 26 heavy (non-hydrogen) atoms. The zero-order chi connectivity index (χ0) is 17.9. The number of rotatable bonds is 4. The number of piperazine rings is 1. The van der Waals surface area contributed by atoms with Gasteiger partial charge in [0.15, 0.2) is 5.76 Å². The van der Waals surface area contributed by atoms with E-state index < -0.39 is 0 Å². The normalized spacial score (nSPS) is 19.2. The van der Waals surface area contributed by atoms with Gasteiger partial charge in [-0.2, -0.15) is 0 Å². The van der Waals surface area contributed by atoms with Crippen LogP contribution in [0.3, 0.4) is 0 Å². The highest BCUT2D eigenvalue weighted by atomic mass is 32.2. The van der Waals surface area contributed by atoms with Crippen molar-refractivity contribution in [3.8, 4) is 0 Å². The van der Waals surface area contributed by atoms with Gasteiger partial charge in [-0.25, -0.2) is 0 Å². The number of thioether (sulfide) groups is 2. The van der Waals surface area contributed by atoms with Crippen LogP contribution in [-0.2, 0) is 6.54 Å². The largest absolute Gasteiger partial charge is 0.360 e. The summed E-state index contributed by atoms with van der Waals surface area (Å²) in [4.78, 5) is 17.0. The number of nitrogens with zero attached hydrogens (tertiary/aromatic N) is 3. The SMILES string of the molecule is Cc1cc(CN2CCN(C(=O)c3ccc(C4SCCS4)cc3)CC2)on1. The van der Waals surface area contributed by atoms with Gasteiger partial charge in [0.05, 0.1) is 16.8 Å². The molecule has 0 N–H and O–H groups in total. The van der Waals surface area contributed by atoms with Crippen LogP contribution in [0.5, 0.6) is 0 Å². The summed E-state index contributed by atoms with van der Waals surface area (Å²) >= 11 is 3.98. The van der Waals surface area contributed by atoms with Gasteiger partial charge in [0.25, 0.3) is 5.91 Å². The molecule has 0 atom stereocenters. The molecule has 0 bridgehead atoms. The van der Waals surface area contributed by atoms with Crippen LogP contribution in [0.15, 0.2) is 34.9 Å². The molecular formula is C19H23N3O2S2. The molecule has 2 saturated heterocycles. The fourth-order valence-corrected chi connectivity index (χ4v) is 6.20. The molecule has 2 aliphatic heterocycles. The molecule has 1 aromatic carbocycles. The van der Waals surface area contributed by atoms with Gasteiger partial charge in [-0.15, -0.1) is 23.5 Å². The van der Waals surface area contributed by atoms with Crippen LogP contribution in [0.2, 0.25) is 0 Å². The minimum absolute atomic E-state index is 0.137. The first kappa shape index (κ1) is 17.9. The van der Waals surface area contributed by atoms with Crippen molar-refractivity contribution in [3.63, 3.8) is 0 Å². The summed E-state index contributed by atoms with van der Waals surface area (Å²) in [6.45, 7) is 5.91. The van der Waals surface area contributed by atoms with E-state index in [1.807, 2.05) is 53.5 Å². The first-order valence-electron chi connectivity index (χ1n) is 8.96. The van der Waals surface area contributed by atoms with E-state index in [2.05, 4.69) is 22.2 Å². The van der Waals surface area contributed by atoms with Crippen LogP contribution in [0.1, 0.15) is 32.0 Å². The molecule has 3 heterocycles. The number of carbonyl (C=O) groups is 1. The minimum atomic E-state index is 0.137. The maximum Gasteiger partial charge on any atom is 0.253 e. The van der Waals surface area contributed by atoms with Gasteiger partial charge in [0.1, 0.15) is 0 Å². The number of carbonyl (C=O) groups excluding carboxylic acids is 1. The Hall–Kier alpha value is -1.44. The van der Waals surface area contributed by atoms with Crippen LogP contribution in [-0.4, -0.2) is 58.5 Å². The fourth-order valence-electron chi connectivity index (χ4n) is 3.34. The van der Waals surface area contributed by atoms with Crippen molar-refractivity contribution >= 4 is 29.4 Å². The van der Waals surface area contributed by atoms with Gasteiger partial charge in [-0.05, 0) is 24.6 Å². The fraction of sp³-hybridized carbons (Fsp3) is 0.474. The number of amides is 1. The Labute approximate surface area is 162 Å². The van der Waals surface area contributed by atoms with Crippen molar-refractivity contribution in [3.05, 3.63) is 52.9 Å². The van der Waals surface area contributed by atoms with E-state index in [9.17, 15) is 4.79 Å². The third-order valence-corrected chi connectivity index (χ3v) is 7.87. The van der Waals surface area contributed by atoms with E-state index in [0.717, 1.165) is 49.7 Å². The summed E-state index contributed by atoms with van der Waals surface area (Å²) in [6, 6.07) is 10.2. The molecule has 0 spiro atoms. The van der Waals surface area contributed by atoms with Gasteiger partial charge in [-0.1, -0.05) is 17.3 Å². The molecule has 138 valence electrons. The molecule has 0 aliphatic carbocycles. The second-order valence-corrected chi connectivity index (χ2v) is 9.42. The predicted octanol–water partition coefficient (Wildman–Crippen LogP) is 3.42. The quantitative estimate of drug-likeness (QED) is 0.799. The maximum atomic E-state index is 12.8. The van der Waals surface area contributed by atoms with Crippen LogP contribution in [0.4, 0.5) is 0 Å². The Balaban J connectivity index is 1.31. The van der Waals surface area contributed by atoms with Crippen molar-refractivity contribution in [2.24, 2.45) is 0 Å². The Bertz CT molecular complexity index is 748. The highest BCUT2D eigenvalue weighted by Gasteiger charge is 2.24. The molecule has 0 unspecified atom stereocenters. The molecule has 1 aromatic heterocycles. The summed E-state index contributed by atoms with van der Waals surface area (Å²) in [7, 11) is 0. The summed E-state index contributed by atoms with van der Waals surface area (Å²) in [6.07, 6.45) is 0. The number of hydrogen-bond donors (Lipinski definition) is 0. The number of aryl methyl sites for hydroxylation is 1. The number of benzene rings is 1. The maximum absolute atomic E-state index is 12.8. The molecule has 2 aromatic rings. The molecule has 5 nitrogen and oxygen atoms in total. The van der Waals surface area contributed by atoms with Crippen molar-refractivity contribution in [2.75, 3.05) is 37.7 Å². The lowest BCUT2D eigenvalue weighted by Crippen LogP contribution is -2.48. The van der Waals surface area contributed by atoms with E-state index in [1.165, 1.54) is 17.1 Å². The van der Waals surface area contributed by atoms with E-state index >= 15 is 0 Å². The van der Waals surface area contributed by atoms with Gasteiger partial charge in [-0.3, -0.25) is 9.69 Å². The van der Waals surface area contributed by atoms with Crippen molar-refractivity contribution in [1.29, 1.82) is 0 Å². The third-order valence-electron chi connectivity index (χ3n) is 4.77. The lowest BCUT2D eigenvalue weighted by atomic mass is 10.1. The summed E-state index contributed by atoms with van der Waals surface area (Å²) < 4.78 is 5.82. The van der Waals surface area contributed by atoms with Gasteiger partial charge in [0, 0.05) is 49.3 Å². The smallest absolute Gasteiger partial charge is 0.253 e. The van der Waals surface area contributed by atoms with Crippen LogP contribution < -0.4 is 0 Å². The lowest BCUT2D eigenvalue weighted by Gasteiger charge is -2.34. The molecule has 0 saturated carbocycles. The van der Waals surface area contributed by atoms with Gasteiger partial charge >= 0.3 is 0 Å². The van der Waals surface area contributed by atoms with Gasteiger partial charge < -0.3 is 9.42 Å². The molecule has 7 heteroatoms. The molecule has 0 radical (unpaired) electrons. The van der Waals surface area contributed by atoms with Crippen molar-refractivity contribution in [1.82, 2.24) is 15.0 Å². The Morgan fingerprint density at radius 3 is 2.46 bits per heavy atom. The average molecular weight is 390 g/mol. The molecule has 2 fully saturated rings. The summed E-state index contributed by atoms with van der Waals surface area (Å²) in [5.74, 6) is 3.46. The first-order valence-corrected chi connectivity index (χ1v) is 11.1. The highest BCUT2D eigenvalue weighted by molar-refractivity contribution is 8.19. The average Bonchev–Trinajstić information content (AvgIpc) is 3.34. The van der Waals surface area contributed by atoms with E-state index in [0.29, 0.717) is 4.58 Å². The highest BCUT2D eigenvalue weighted by Crippen LogP contribution is 2.45. The van der Waals surface area contributed by atoms with Crippen LogP contribution in [0.25, 0.3) is 0 Å². The zero-order valence-electron chi connectivity index (χ0n) is 14.9. The molecular weight excluding hydrogens is 366 g/mol. The standard InChI is InChI=1S/C19H23N3O2S2/c1-14-12-17(24-20-14)13-21-6-8-22(9-7-21)18(23)15-2-4-16(5-3-15)19-25-10-11-26-19/h2-5,12,19H,6-11,13H2,1H3. The third kappa shape index (κ3) is 4.10. The lowest BCUT2D eigenvalue weighted by molar-refractivity contribution is 0.0617. The Kier molecular flexibility index (Phi) is 5.57. The monoisotopic (exact) mass is 389 g/mol. The molecule has 2 aliphatic rings. The zero-order valence-corrected chi connectivity index (χ0v) is 16.5. The van der Waals surface area contributed by atoms with E-state index in [1.54, 1.807) is 0 Å². The molecule has 4 rings (SSSR count). The van der Waals surface area contributed by atoms with Crippen molar-refractivity contribution in [2.45, 2.75) is 18.1 Å². The second-order valence-electron chi connectivity index (χ2n) is 6.70. The predicted molar refractivity (Wildman–Crippen MR) is 107 cm³/mol. The van der Waals surface area contributed by atoms with Gasteiger partial charge in [0.2, 0.25) is 0 Å². The minimum Gasteiger partial charge on any atom is -0.360 e. The van der Waals surface area contributed by atoms with Crippen LogP contribution >= 0.6 is 23.5 Å². The summed E-state index contributed by atoms with van der Waals surface area (Å²) in [5.41, 5.74) is 3.02. The summed E-state index contributed by atoms with van der Waals surface area (Å²) in [5, 5.41) is 3.93. The Morgan fingerprint density at radius 1 is 1.15 bits per heavy atom.